The lowest BCUT2D eigenvalue weighted by Gasteiger charge is -2.04. The van der Waals surface area contributed by atoms with Crippen LogP contribution in [0.15, 0.2) is 35.5 Å². The van der Waals surface area contributed by atoms with E-state index in [1.54, 1.807) is 5.38 Å². The van der Waals surface area contributed by atoms with Crippen molar-refractivity contribution in [3.05, 3.63) is 52.6 Å². The molecule has 0 aliphatic carbocycles. The molecule has 0 atom stereocenters. The molecule has 0 aliphatic rings. The molecule has 0 spiro atoms. The van der Waals surface area contributed by atoms with Crippen molar-refractivity contribution in [1.82, 2.24) is 15.0 Å². The number of carbonyl (C=O) groups excluding carboxylic acids is 1. The molecule has 0 radical (unpaired) electrons. The topological polar surface area (TPSA) is 106 Å². The highest BCUT2D eigenvalue weighted by Crippen LogP contribution is 2.25. The molecule has 25 heavy (non-hydrogen) atoms. The van der Waals surface area contributed by atoms with E-state index in [1.807, 2.05) is 30.5 Å². The van der Waals surface area contributed by atoms with E-state index in [9.17, 15) is 4.79 Å². The van der Waals surface area contributed by atoms with Crippen LogP contribution in [0, 0.1) is 6.92 Å². The molecule has 0 saturated carbocycles. The first-order valence-corrected chi connectivity index (χ1v) is 9.11. The Balaban J connectivity index is 1.64. The predicted octanol–water partition coefficient (Wildman–Crippen LogP) is 3.16. The molecule has 0 fully saturated rings. The largest absolute Gasteiger partial charge is 0.369 e. The van der Waals surface area contributed by atoms with Crippen molar-refractivity contribution in [3.63, 3.8) is 0 Å². The van der Waals surface area contributed by atoms with Crippen LogP contribution in [0.2, 0.25) is 0 Å². The minimum absolute atomic E-state index is 0.124. The Kier molecular flexibility index (Phi) is 5.05. The van der Waals surface area contributed by atoms with Crippen LogP contribution < -0.4 is 16.4 Å². The van der Waals surface area contributed by atoms with Crippen LogP contribution in [0.1, 0.15) is 17.1 Å². The van der Waals surface area contributed by atoms with Gasteiger partial charge in [0.15, 0.2) is 10.3 Å². The SMILES string of the molecule is C=C(Nc1nc(CC(N)=O)cs1)c1csc(Nc2cccc(C)n2)n1. The van der Waals surface area contributed by atoms with Gasteiger partial charge in [-0.15, -0.1) is 22.7 Å². The van der Waals surface area contributed by atoms with Gasteiger partial charge in [0, 0.05) is 16.5 Å². The van der Waals surface area contributed by atoms with Gasteiger partial charge in [-0.25, -0.2) is 15.0 Å². The van der Waals surface area contributed by atoms with Gasteiger partial charge in [-0.1, -0.05) is 12.6 Å². The van der Waals surface area contributed by atoms with Gasteiger partial charge in [-0.2, -0.15) is 0 Å². The van der Waals surface area contributed by atoms with E-state index < -0.39 is 5.91 Å². The number of aromatic nitrogens is 3. The summed E-state index contributed by atoms with van der Waals surface area (Å²) >= 11 is 2.85. The second-order valence-corrected chi connectivity index (χ2v) is 6.93. The van der Waals surface area contributed by atoms with Crippen molar-refractivity contribution in [2.24, 2.45) is 5.73 Å². The summed E-state index contributed by atoms with van der Waals surface area (Å²) in [7, 11) is 0. The van der Waals surface area contributed by atoms with Crippen molar-refractivity contribution in [2.45, 2.75) is 13.3 Å². The molecule has 1 amide bonds. The highest BCUT2D eigenvalue weighted by molar-refractivity contribution is 7.14. The van der Waals surface area contributed by atoms with Crippen LogP contribution in [0.3, 0.4) is 0 Å². The van der Waals surface area contributed by atoms with Crippen molar-refractivity contribution < 1.29 is 4.79 Å². The average molecular weight is 372 g/mol. The quantitative estimate of drug-likeness (QED) is 0.588. The Morgan fingerprint density at radius 3 is 2.76 bits per heavy atom. The number of nitrogens with zero attached hydrogens (tertiary/aromatic N) is 3. The lowest BCUT2D eigenvalue weighted by molar-refractivity contribution is -0.117. The number of hydrogen-bond acceptors (Lipinski definition) is 8. The molecule has 3 rings (SSSR count). The van der Waals surface area contributed by atoms with Gasteiger partial charge in [0.25, 0.3) is 0 Å². The number of carbonyl (C=O) groups is 1. The summed E-state index contributed by atoms with van der Waals surface area (Å²) in [5.41, 5.74) is 8.08. The van der Waals surface area contributed by atoms with Gasteiger partial charge < -0.3 is 16.4 Å². The molecule has 3 heterocycles. The molecule has 3 aromatic heterocycles. The predicted molar refractivity (Wildman–Crippen MR) is 102 cm³/mol. The van der Waals surface area contributed by atoms with Crippen molar-refractivity contribution in [2.75, 3.05) is 10.6 Å². The van der Waals surface area contributed by atoms with Gasteiger partial charge in [0.2, 0.25) is 5.91 Å². The van der Waals surface area contributed by atoms with Gasteiger partial charge in [0.1, 0.15) is 5.82 Å². The molecular weight excluding hydrogens is 356 g/mol. The minimum Gasteiger partial charge on any atom is -0.369 e. The number of rotatable bonds is 7. The van der Waals surface area contributed by atoms with Gasteiger partial charge in [0.05, 0.1) is 23.5 Å². The Labute approximate surface area is 152 Å². The lowest BCUT2D eigenvalue weighted by atomic mass is 10.3. The molecule has 7 nitrogen and oxygen atoms in total. The zero-order valence-electron chi connectivity index (χ0n) is 13.4. The number of primary amides is 1. The first kappa shape index (κ1) is 17.1. The van der Waals surface area contributed by atoms with E-state index in [0.29, 0.717) is 22.2 Å². The number of nitrogens with one attached hydrogen (secondary N) is 2. The summed E-state index contributed by atoms with van der Waals surface area (Å²) in [4.78, 5) is 24.1. The molecule has 3 aromatic rings. The summed E-state index contributed by atoms with van der Waals surface area (Å²) < 4.78 is 0. The molecular formula is C16H16N6OS2. The number of hydrogen-bond donors (Lipinski definition) is 3. The maximum Gasteiger partial charge on any atom is 0.223 e. The third-order valence-corrected chi connectivity index (χ3v) is 4.67. The Hall–Kier alpha value is -2.78. The van der Waals surface area contributed by atoms with Gasteiger partial charge in [-0.05, 0) is 19.1 Å². The third kappa shape index (κ3) is 4.61. The van der Waals surface area contributed by atoms with E-state index in [-0.39, 0.29) is 6.42 Å². The number of pyridine rings is 1. The summed E-state index contributed by atoms with van der Waals surface area (Å²) in [6.45, 7) is 5.92. The fourth-order valence-electron chi connectivity index (χ4n) is 2.01. The molecule has 0 unspecified atom stereocenters. The van der Waals surface area contributed by atoms with Gasteiger partial charge in [-0.3, -0.25) is 4.79 Å². The Morgan fingerprint density at radius 2 is 2.00 bits per heavy atom. The van der Waals surface area contributed by atoms with Crippen molar-refractivity contribution in [3.8, 4) is 0 Å². The molecule has 0 saturated heterocycles. The average Bonchev–Trinajstić information content (AvgIpc) is 3.16. The van der Waals surface area contributed by atoms with Crippen LogP contribution in [0.4, 0.5) is 16.1 Å². The minimum atomic E-state index is -0.407. The highest BCUT2D eigenvalue weighted by atomic mass is 32.1. The van der Waals surface area contributed by atoms with Crippen LogP contribution in [0.25, 0.3) is 5.70 Å². The smallest absolute Gasteiger partial charge is 0.223 e. The molecule has 0 bridgehead atoms. The van der Waals surface area contributed by atoms with E-state index in [4.69, 9.17) is 5.73 Å². The number of aryl methyl sites for hydroxylation is 1. The van der Waals surface area contributed by atoms with Gasteiger partial charge >= 0.3 is 0 Å². The van der Waals surface area contributed by atoms with Crippen molar-refractivity contribution >= 4 is 50.4 Å². The summed E-state index contributed by atoms with van der Waals surface area (Å²) in [5.74, 6) is 0.339. The second-order valence-electron chi connectivity index (χ2n) is 5.22. The summed E-state index contributed by atoms with van der Waals surface area (Å²) in [6.07, 6.45) is 0.124. The molecule has 128 valence electrons. The lowest BCUT2D eigenvalue weighted by Crippen LogP contribution is -2.13. The maximum atomic E-state index is 10.9. The van der Waals surface area contributed by atoms with Crippen LogP contribution >= 0.6 is 22.7 Å². The monoisotopic (exact) mass is 372 g/mol. The second kappa shape index (κ2) is 7.41. The standard InChI is InChI=1S/C16H16N6OS2/c1-9-4-3-5-14(18-9)22-16-21-12(8-25-16)10(2)19-15-20-11(7-24-15)6-13(17)23/h3-5,7-8H,2,6H2,1H3,(H2,17,23)(H,19,20)(H,18,21,22). The Bertz CT molecular complexity index is 917. The van der Waals surface area contributed by atoms with Crippen LogP contribution in [-0.2, 0) is 11.2 Å². The van der Waals surface area contributed by atoms with Crippen LogP contribution in [0.5, 0.6) is 0 Å². The zero-order valence-corrected chi connectivity index (χ0v) is 15.1. The fourth-order valence-corrected chi connectivity index (χ4v) is 3.48. The first-order chi connectivity index (χ1) is 12.0. The Morgan fingerprint density at radius 1 is 1.20 bits per heavy atom. The number of amides is 1. The van der Waals surface area contributed by atoms with E-state index in [2.05, 4.69) is 32.2 Å². The zero-order chi connectivity index (χ0) is 17.8. The summed E-state index contributed by atoms with van der Waals surface area (Å²) in [5, 5.41) is 11.3. The number of nitrogens with two attached hydrogens (primary N) is 1. The third-order valence-electron chi connectivity index (χ3n) is 3.10. The molecule has 4 N–H and O–H groups in total. The summed E-state index contributed by atoms with van der Waals surface area (Å²) in [6, 6.07) is 5.76. The van der Waals surface area contributed by atoms with E-state index in [0.717, 1.165) is 16.6 Å². The van der Waals surface area contributed by atoms with Crippen LogP contribution in [-0.4, -0.2) is 20.9 Å². The molecule has 0 aliphatic heterocycles. The normalized spacial score (nSPS) is 10.4. The fraction of sp³-hybridized carbons (Fsp3) is 0.125. The van der Waals surface area contributed by atoms with Crippen molar-refractivity contribution in [1.29, 1.82) is 0 Å². The molecule has 9 heteroatoms. The molecule has 0 aromatic carbocycles. The first-order valence-electron chi connectivity index (χ1n) is 7.35. The van der Waals surface area contributed by atoms with E-state index in [1.165, 1.54) is 22.7 Å². The number of thiazole rings is 2. The highest BCUT2D eigenvalue weighted by Gasteiger charge is 2.10. The number of anilines is 3. The van der Waals surface area contributed by atoms with E-state index >= 15 is 0 Å². The maximum absolute atomic E-state index is 10.9.